The SMILES string of the molecule is COc1ccc(NC(=O)CN(C)[C@H]2CCCc3ccccc32)c([N+](=O)[O-])c1. The molecule has 2 aromatic carbocycles. The topological polar surface area (TPSA) is 84.7 Å². The number of hydrogen-bond donors (Lipinski definition) is 1. The highest BCUT2D eigenvalue weighted by Gasteiger charge is 2.25. The molecule has 7 nitrogen and oxygen atoms in total. The lowest BCUT2D eigenvalue weighted by Gasteiger charge is -2.32. The molecule has 0 aliphatic heterocycles. The quantitative estimate of drug-likeness (QED) is 0.622. The van der Waals surface area contributed by atoms with Crippen molar-refractivity contribution in [2.24, 2.45) is 0 Å². The molecule has 0 radical (unpaired) electrons. The van der Waals surface area contributed by atoms with Gasteiger partial charge in [0.2, 0.25) is 5.91 Å². The van der Waals surface area contributed by atoms with Crippen molar-refractivity contribution in [1.29, 1.82) is 0 Å². The van der Waals surface area contributed by atoms with E-state index in [9.17, 15) is 14.9 Å². The van der Waals surface area contributed by atoms with Gasteiger partial charge in [-0.15, -0.1) is 0 Å². The number of ether oxygens (including phenoxy) is 1. The average Bonchev–Trinajstić information content (AvgIpc) is 2.67. The first-order valence-corrected chi connectivity index (χ1v) is 8.90. The van der Waals surface area contributed by atoms with Crippen molar-refractivity contribution in [2.45, 2.75) is 25.3 Å². The Bertz CT molecular complexity index is 853. The van der Waals surface area contributed by atoms with Crippen LogP contribution in [0.2, 0.25) is 0 Å². The molecule has 0 heterocycles. The number of hydrogen-bond acceptors (Lipinski definition) is 5. The third-order valence-corrected chi connectivity index (χ3v) is 4.94. The lowest BCUT2D eigenvalue weighted by Crippen LogP contribution is -2.35. The van der Waals surface area contributed by atoms with Crippen LogP contribution < -0.4 is 10.1 Å². The zero-order valence-corrected chi connectivity index (χ0v) is 15.5. The Labute approximate surface area is 158 Å². The highest BCUT2D eigenvalue weighted by Crippen LogP contribution is 2.33. The number of aryl methyl sites for hydroxylation is 1. The fourth-order valence-electron chi connectivity index (χ4n) is 3.61. The van der Waals surface area contributed by atoms with Crippen LogP contribution in [0.5, 0.6) is 5.75 Å². The molecule has 0 aromatic heterocycles. The summed E-state index contributed by atoms with van der Waals surface area (Å²) >= 11 is 0. The van der Waals surface area contributed by atoms with Crippen LogP contribution in [0, 0.1) is 10.1 Å². The molecule has 2 aromatic rings. The summed E-state index contributed by atoms with van der Waals surface area (Å²) in [6.45, 7) is 0.155. The van der Waals surface area contributed by atoms with Crippen LogP contribution in [0.4, 0.5) is 11.4 Å². The van der Waals surface area contributed by atoms with Gasteiger partial charge in [-0.05, 0) is 49.6 Å². The molecule has 0 spiro atoms. The second kappa shape index (κ2) is 8.18. The first kappa shape index (κ1) is 18.8. The average molecular weight is 369 g/mol. The summed E-state index contributed by atoms with van der Waals surface area (Å²) in [5, 5.41) is 13.9. The Kier molecular flexibility index (Phi) is 5.71. The van der Waals surface area contributed by atoms with E-state index in [1.54, 1.807) is 6.07 Å². The van der Waals surface area contributed by atoms with E-state index >= 15 is 0 Å². The van der Waals surface area contributed by atoms with Crippen molar-refractivity contribution in [3.63, 3.8) is 0 Å². The minimum atomic E-state index is -0.529. The summed E-state index contributed by atoms with van der Waals surface area (Å²) in [6, 6.07) is 12.9. The zero-order chi connectivity index (χ0) is 19.4. The number of benzene rings is 2. The van der Waals surface area contributed by atoms with Gasteiger partial charge in [-0.3, -0.25) is 19.8 Å². The molecule has 1 aliphatic rings. The molecule has 3 rings (SSSR count). The van der Waals surface area contributed by atoms with E-state index in [0.29, 0.717) is 5.75 Å². The van der Waals surface area contributed by atoms with Crippen molar-refractivity contribution in [3.8, 4) is 5.75 Å². The molecule has 0 fully saturated rings. The number of methoxy groups -OCH3 is 1. The van der Waals surface area contributed by atoms with Crippen molar-refractivity contribution < 1.29 is 14.5 Å². The van der Waals surface area contributed by atoms with Gasteiger partial charge in [-0.2, -0.15) is 0 Å². The van der Waals surface area contributed by atoms with Crippen LogP contribution in [-0.4, -0.2) is 36.4 Å². The van der Waals surface area contributed by atoms with Crippen LogP contribution in [0.15, 0.2) is 42.5 Å². The number of rotatable bonds is 6. The number of amides is 1. The molecule has 1 atom stereocenters. The molecule has 0 bridgehead atoms. The van der Waals surface area contributed by atoms with E-state index < -0.39 is 4.92 Å². The van der Waals surface area contributed by atoms with Crippen molar-refractivity contribution >= 4 is 17.3 Å². The maximum absolute atomic E-state index is 12.5. The van der Waals surface area contributed by atoms with E-state index in [-0.39, 0.29) is 29.9 Å². The molecule has 0 saturated carbocycles. The number of anilines is 1. The van der Waals surface area contributed by atoms with E-state index in [2.05, 4.69) is 17.4 Å². The van der Waals surface area contributed by atoms with Crippen molar-refractivity contribution in [2.75, 3.05) is 26.0 Å². The van der Waals surface area contributed by atoms with Gasteiger partial charge in [0, 0.05) is 6.04 Å². The third-order valence-electron chi connectivity index (χ3n) is 4.94. The maximum atomic E-state index is 12.5. The minimum Gasteiger partial charge on any atom is -0.496 e. The molecule has 0 unspecified atom stereocenters. The summed E-state index contributed by atoms with van der Waals surface area (Å²) in [4.78, 5) is 25.2. The lowest BCUT2D eigenvalue weighted by molar-refractivity contribution is -0.384. The Morgan fingerprint density at radius 2 is 2.11 bits per heavy atom. The monoisotopic (exact) mass is 369 g/mol. The first-order chi connectivity index (χ1) is 13.0. The van der Waals surface area contributed by atoms with Gasteiger partial charge in [0.15, 0.2) is 0 Å². The summed E-state index contributed by atoms with van der Waals surface area (Å²) in [6.07, 6.45) is 3.13. The fourth-order valence-corrected chi connectivity index (χ4v) is 3.61. The maximum Gasteiger partial charge on any atom is 0.296 e. The Balaban J connectivity index is 1.71. The van der Waals surface area contributed by atoms with E-state index in [4.69, 9.17) is 4.74 Å². The van der Waals surface area contributed by atoms with E-state index in [0.717, 1.165) is 19.3 Å². The first-order valence-electron chi connectivity index (χ1n) is 8.90. The Morgan fingerprint density at radius 1 is 1.33 bits per heavy atom. The van der Waals surface area contributed by atoms with Crippen molar-refractivity contribution in [1.82, 2.24) is 4.90 Å². The Morgan fingerprint density at radius 3 is 2.85 bits per heavy atom. The fraction of sp³-hybridized carbons (Fsp3) is 0.350. The second-order valence-corrected chi connectivity index (χ2v) is 6.71. The van der Waals surface area contributed by atoms with E-state index in [1.165, 1.54) is 30.4 Å². The van der Waals surface area contributed by atoms with Crippen LogP contribution >= 0.6 is 0 Å². The highest BCUT2D eigenvalue weighted by molar-refractivity contribution is 5.94. The minimum absolute atomic E-state index is 0.155. The smallest absolute Gasteiger partial charge is 0.296 e. The third kappa shape index (κ3) is 4.25. The number of nitrogens with zero attached hydrogens (tertiary/aromatic N) is 2. The van der Waals surface area contributed by atoms with Crippen LogP contribution in [0.3, 0.4) is 0 Å². The van der Waals surface area contributed by atoms with Gasteiger partial charge < -0.3 is 10.1 Å². The van der Waals surface area contributed by atoms with Gasteiger partial charge in [0.1, 0.15) is 11.4 Å². The number of fused-ring (bicyclic) bond motifs is 1. The molecule has 7 heteroatoms. The molecule has 1 aliphatic carbocycles. The number of carbonyl (C=O) groups excluding carboxylic acids is 1. The summed E-state index contributed by atoms with van der Waals surface area (Å²) < 4.78 is 5.02. The second-order valence-electron chi connectivity index (χ2n) is 6.71. The van der Waals surface area contributed by atoms with Crippen LogP contribution in [0.1, 0.15) is 30.0 Å². The molecule has 27 heavy (non-hydrogen) atoms. The summed E-state index contributed by atoms with van der Waals surface area (Å²) in [5.74, 6) is 0.0875. The molecule has 1 amide bonds. The van der Waals surface area contributed by atoms with Crippen molar-refractivity contribution in [3.05, 3.63) is 63.7 Å². The lowest BCUT2D eigenvalue weighted by atomic mass is 9.87. The van der Waals surface area contributed by atoms with Gasteiger partial charge in [0.05, 0.1) is 24.6 Å². The highest BCUT2D eigenvalue weighted by atomic mass is 16.6. The predicted molar refractivity (Wildman–Crippen MR) is 103 cm³/mol. The number of carbonyl (C=O) groups is 1. The number of nitrogens with one attached hydrogen (secondary N) is 1. The molecule has 1 N–H and O–H groups in total. The van der Waals surface area contributed by atoms with Gasteiger partial charge >= 0.3 is 0 Å². The number of nitro groups is 1. The number of nitro benzene ring substituents is 1. The Hall–Kier alpha value is -2.93. The van der Waals surface area contributed by atoms with Crippen LogP contribution in [0.25, 0.3) is 0 Å². The predicted octanol–water partition coefficient (Wildman–Crippen LogP) is 3.55. The molecule has 142 valence electrons. The normalized spacial score (nSPS) is 15.9. The molecular weight excluding hydrogens is 346 g/mol. The molecule has 0 saturated heterocycles. The molecular formula is C20H23N3O4. The summed E-state index contributed by atoms with van der Waals surface area (Å²) in [5.41, 5.74) is 2.57. The number of likely N-dealkylation sites (N-methyl/N-ethyl adjacent to an activating group) is 1. The van der Waals surface area contributed by atoms with Gasteiger partial charge in [-0.25, -0.2) is 0 Å². The summed E-state index contributed by atoms with van der Waals surface area (Å²) in [7, 11) is 3.35. The van der Waals surface area contributed by atoms with Crippen LogP contribution in [-0.2, 0) is 11.2 Å². The van der Waals surface area contributed by atoms with Gasteiger partial charge in [0.25, 0.3) is 5.69 Å². The largest absolute Gasteiger partial charge is 0.496 e. The zero-order valence-electron chi connectivity index (χ0n) is 15.5. The van der Waals surface area contributed by atoms with Gasteiger partial charge in [-0.1, -0.05) is 24.3 Å². The standard InChI is InChI=1S/C20H23N3O4/c1-22(18-9-5-7-14-6-3-4-8-16(14)18)13-20(24)21-17-11-10-15(27-2)12-19(17)23(25)26/h3-4,6,8,10-12,18H,5,7,9,13H2,1-2H3,(H,21,24)/t18-/m0/s1. The van der Waals surface area contributed by atoms with E-state index in [1.807, 2.05) is 24.1 Å².